The predicted octanol–water partition coefficient (Wildman–Crippen LogP) is 4.82. The van der Waals surface area contributed by atoms with Gasteiger partial charge in [0.1, 0.15) is 0 Å². The maximum absolute atomic E-state index is 13.2. The van der Waals surface area contributed by atoms with E-state index in [1.165, 1.54) is 30.8 Å². The molecule has 1 heterocycles. The summed E-state index contributed by atoms with van der Waals surface area (Å²) in [6.07, 6.45) is 0.801. The molecule has 4 rings (SSSR count). The lowest BCUT2D eigenvalue weighted by atomic mass is 10.1. The Morgan fingerprint density at radius 1 is 1.03 bits per heavy atom. The Kier molecular flexibility index (Phi) is 7.30. The number of benzene rings is 3. The largest absolute Gasteiger partial charge is 0.325 e. The van der Waals surface area contributed by atoms with E-state index in [4.69, 9.17) is 0 Å². The van der Waals surface area contributed by atoms with Crippen molar-refractivity contribution in [2.45, 2.75) is 47.9 Å². The highest BCUT2D eigenvalue weighted by Crippen LogP contribution is 2.42. The third kappa shape index (κ3) is 5.42. The average molecular weight is 510 g/mol. The van der Waals surface area contributed by atoms with Crippen molar-refractivity contribution in [3.05, 3.63) is 77.9 Å². The van der Waals surface area contributed by atoms with Gasteiger partial charge < -0.3 is 10.2 Å². The molecule has 0 unspecified atom stereocenters. The van der Waals surface area contributed by atoms with Crippen molar-refractivity contribution in [3.8, 4) is 0 Å². The molecule has 2 N–H and O–H groups in total. The Bertz CT molecular complexity index is 1370. The molecule has 0 aliphatic carbocycles. The van der Waals surface area contributed by atoms with Crippen LogP contribution < -0.4 is 14.9 Å². The minimum atomic E-state index is -3.85. The number of fused-ring (bicyclic) bond motifs is 2. The number of nitrogens with zero attached hydrogens (tertiary/aromatic N) is 1. The maximum Gasteiger partial charge on any atom is 0.259 e. The van der Waals surface area contributed by atoms with Gasteiger partial charge in [0.15, 0.2) is 0 Å². The Labute approximate surface area is 210 Å². The summed E-state index contributed by atoms with van der Waals surface area (Å²) in [6, 6.07) is 18.3. The fraction of sp³-hybridized carbons (Fsp3) is 0.231. The third-order valence-corrected chi connectivity index (χ3v) is 8.28. The van der Waals surface area contributed by atoms with Gasteiger partial charge >= 0.3 is 0 Å². The number of hydrogen-bond donors (Lipinski definition) is 2. The zero-order valence-electron chi connectivity index (χ0n) is 19.7. The molecule has 0 spiro atoms. The van der Waals surface area contributed by atoms with E-state index >= 15 is 0 Å². The van der Waals surface area contributed by atoms with Crippen LogP contribution in [-0.4, -0.2) is 32.8 Å². The van der Waals surface area contributed by atoms with E-state index in [0.717, 1.165) is 27.5 Å². The highest BCUT2D eigenvalue weighted by molar-refractivity contribution is 7.99. The molecule has 0 bridgehead atoms. The summed E-state index contributed by atoms with van der Waals surface area (Å²) in [5.41, 5.74) is 2.89. The van der Waals surface area contributed by atoms with E-state index in [1.807, 2.05) is 50.2 Å². The number of amides is 2. The normalized spacial score (nSPS) is 14.0. The molecule has 1 aliphatic rings. The Hall–Kier alpha value is -3.14. The summed E-state index contributed by atoms with van der Waals surface area (Å²) in [5, 5.41) is 2.79. The van der Waals surface area contributed by atoms with Crippen molar-refractivity contribution < 1.29 is 18.0 Å². The van der Waals surface area contributed by atoms with Gasteiger partial charge in [-0.05, 0) is 62.7 Å². The predicted molar refractivity (Wildman–Crippen MR) is 139 cm³/mol. The molecule has 35 heavy (non-hydrogen) atoms. The Balaban J connectivity index is 1.55. The van der Waals surface area contributed by atoms with E-state index in [9.17, 15) is 18.0 Å². The van der Waals surface area contributed by atoms with Crippen LogP contribution in [0.25, 0.3) is 0 Å². The molecule has 1 aliphatic heterocycles. The summed E-state index contributed by atoms with van der Waals surface area (Å²) in [7, 11) is -3.85. The molecule has 0 aromatic heterocycles. The lowest BCUT2D eigenvalue weighted by molar-refractivity contribution is -0.117. The van der Waals surface area contributed by atoms with Crippen LogP contribution in [0.15, 0.2) is 81.4 Å². The molecule has 0 saturated carbocycles. The SMILES string of the molecule is CCCN1C(=O)c2ccccc2Sc2cc(NC(=O)[C@@H](C)NS(=O)(=O)c3ccc(C)cc3)ccc21. The number of sulfonamides is 1. The van der Waals surface area contributed by atoms with Crippen LogP contribution in [-0.2, 0) is 14.8 Å². The van der Waals surface area contributed by atoms with Gasteiger partial charge in [0.2, 0.25) is 15.9 Å². The number of aryl methyl sites for hydroxylation is 1. The van der Waals surface area contributed by atoms with Crippen LogP contribution in [0.3, 0.4) is 0 Å². The van der Waals surface area contributed by atoms with Gasteiger partial charge in [-0.2, -0.15) is 4.72 Å². The number of carbonyl (C=O) groups excluding carboxylic acids is 2. The third-order valence-electron chi connectivity index (χ3n) is 5.60. The van der Waals surface area contributed by atoms with E-state index in [2.05, 4.69) is 10.0 Å². The lowest BCUT2D eigenvalue weighted by Gasteiger charge is -2.23. The van der Waals surface area contributed by atoms with Crippen LogP contribution in [0.5, 0.6) is 0 Å². The molecule has 9 heteroatoms. The average Bonchev–Trinajstić information content (AvgIpc) is 2.93. The van der Waals surface area contributed by atoms with Gasteiger partial charge in [-0.3, -0.25) is 9.59 Å². The number of anilines is 2. The van der Waals surface area contributed by atoms with Gasteiger partial charge in [0.25, 0.3) is 5.91 Å². The van der Waals surface area contributed by atoms with Gasteiger partial charge in [-0.25, -0.2) is 8.42 Å². The lowest BCUT2D eigenvalue weighted by Crippen LogP contribution is -2.41. The zero-order chi connectivity index (χ0) is 25.2. The van der Waals surface area contributed by atoms with Crippen molar-refractivity contribution in [2.24, 2.45) is 0 Å². The summed E-state index contributed by atoms with van der Waals surface area (Å²) < 4.78 is 27.7. The minimum absolute atomic E-state index is 0.0513. The summed E-state index contributed by atoms with van der Waals surface area (Å²) in [5.74, 6) is -0.536. The smallest absolute Gasteiger partial charge is 0.259 e. The van der Waals surface area contributed by atoms with Crippen LogP contribution >= 0.6 is 11.8 Å². The molecule has 0 fully saturated rings. The zero-order valence-corrected chi connectivity index (χ0v) is 21.4. The molecule has 1 atom stereocenters. The summed E-state index contributed by atoms with van der Waals surface area (Å²) >= 11 is 1.47. The van der Waals surface area contributed by atoms with Crippen molar-refractivity contribution >= 4 is 45.0 Å². The molecule has 0 radical (unpaired) electrons. The fourth-order valence-electron chi connectivity index (χ4n) is 3.77. The van der Waals surface area contributed by atoms with Crippen LogP contribution in [0.4, 0.5) is 11.4 Å². The van der Waals surface area contributed by atoms with Crippen molar-refractivity contribution in [2.75, 3.05) is 16.8 Å². The summed E-state index contributed by atoms with van der Waals surface area (Å²) in [4.78, 5) is 29.6. The molecule has 7 nitrogen and oxygen atoms in total. The number of nitrogens with one attached hydrogen (secondary N) is 2. The monoisotopic (exact) mass is 509 g/mol. The van der Waals surface area contributed by atoms with E-state index in [-0.39, 0.29) is 10.8 Å². The van der Waals surface area contributed by atoms with Gasteiger partial charge in [0.05, 0.1) is 22.2 Å². The fourth-order valence-corrected chi connectivity index (χ4v) is 6.09. The second-order valence-electron chi connectivity index (χ2n) is 8.38. The number of rotatable bonds is 7. The Morgan fingerprint density at radius 2 is 1.74 bits per heavy atom. The van der Waals surface area contributed by atoms with Crippen molar-refractivity contribution in [1.29, 1.82) is 0 Å². The highest BCUT2D eigenvalue weighted by atomic mass is 32.2. The molecule has 3 aromatic carbocycles. The topological polar surface area (TPSA) is 95.6 Å². The minimum Gasteiger partial charge on any atom is -0.325 e. The first kappa shape index (κ1) is 25.0. The number of hydrogen-bond acceptors (Lipinski definition) is 5. The Morgan fingerprint density at radius 3 is 2.46 bits per heavy atom. The first-order chi connectivity index (χ1) is 16.7. The van der Waals surface area contributed by atoms with Crippen molar-refractivity contribution in [1.82, 2.24) is 4.72 Å². The maximum atomic E-state index is 13.2. The van der Waals surface area contributed by atoms with E-state index < -0.39 is 22.0 Å². The summed E-state index contributed by atoms with van der Waals surface area (Å²) in [6.45, 7) is 5.96. The van der Waals surface area contributed by atoms with E-state index in [0.29, 0.717) is 17.8 Å². The molecule has 182 valence electrons. The number of carbonyl (C=O) groups is 2. The second-order valence-corrected chi connectivity index (χ2v) is 11.2. The first-order valence-corrected chi connectivity index (χ1v) is 13.6. The first-order valence-electron chi connectivity index (χ1n) is 11.3. The van der Waals surface area contributed by atoms with Crippen molar-refractivity contribution in [3.63, 3.8) is 0 Å². The van der Waals surface area contributed by atoms with Gasteiger partial charge in [0, 0.05) is 22.0 Å². The van der Waals surface area contributed by atoms with Crippen LogP contribution in [0.1, 0.15) is 36.2 Å². The standard InChI is InChI=1S/C26H27N3O4S2/c1-4-15-29-22-14-11-19(16-24(22)34-23-8-6-5-7-21(23)26(29)31)27-25(30)18(3)28-35(32,33)20-12-9-17(2)10-13-20/h5-14,16,18,28H,4,15H2,1-3H3,(H,27,30)/t18-/m1/s1. The van der Waals surface area contributed by atoms with Crippen LogP contribution in [0, 0.1) is 6.92 Å². The highest BCUT2D eigenvalue weighted by Gasteiger charge is 2.27. The van der Waals surface area contributed by atoms with Gasteiger partial charge in [-0.1, -0.05) is 48.5 Å². The molecule has 2 amide bonds. The van der Waals surface area contributed by atoms with E-state index in [1.54, 1.807) is 23.1 Å². The van der Waals surface area contributed by atoms with Gasteiger partial charge in [-0.15, -0.1) is 0 Å². The molecule has 3 aromatic rings. The molecule has 0 saturated heterocycles. The second kappa shape index (κ2) is 10.2. The molecular weight excluding hydrogens is 482 g/mol. The molecular formula is C26H27N3O4S2. The quantitative estimate of drug-likeness (QED) is 0.476. The van der Waals surface area contributed by atoms with Crippen LogP contribution in [0.2, 0.25) is 0 Å².